The van der Waals surface area contributed by atoms with Gasteiger partial charge in [-0.05, 0) is 32.6 Å². The van der Waals surface area contributed by atoms with E-state index in [1.165, 1.54) is 12.8 Å². The molecule has 0 bridgehead atoms. The fourth-order valence-corrected chi connectivity index (χ4v) is 3.15. The highest BCUT2D eigenvalue weighted by Gasteiger charge is 2.35. The fraction of sp³-hybridized carbons (Fsp3) is 0.833. The van der Waals surface area contributed by atoms with Gasteiger partial charge in [0.05, 0.1) is 0 Å². The normalized spacial score (nSPS) is 28.8. The Kier molecular flexibility index (Phi) is 3.15. The molecule has 1 atom stereocenters. The van der Waals surface area contributed by atoms with Gasteiger partial charge in [0, 0.05) is 25.6 Å². The van der Waals surface area contributed by atoms with Crippen molar-refractivity contribution in [1.82, 2.24) is 15.5 Å². The van der Waals surface area contributed by atoms with Crippen molar-refractivity contribution in [1.29, 1.82) is 0 Å². The second kappa shape index (κ2) is 4.63. The lowest BCUT2D eigenvalue weighted by Crippen LogP contribution is -2.19. The summed E-state index contributed by atoms with van der Waals surface area (Å²) in [6.45, 7) is 4.01. The summed E-state index contributed by atoms with van der Waals surface area (Å²) in [5, 5.41) is 14.3. The number of hydrogen-bond acceptors (Lipinski definition) is 5. The quantitative estimate of drug-likeness (QED) is 0.870. The first kappa shape index (κ1) is 11.6. The number of aromatic nitrogens is 2. The molecule has 1 N–H and O–H groups in total. The molecule has 1 saturated heterocycles. The highest BCUT2D eigenvalue weighted by atomic mass is 32.1. The molecular formula is C12H19N3OS. The van der Waals surface area contributed by atoms with Gasteiger partial charge in [-0.25, -0.2) is 0 Å². The Bertz CT molecular complexity index is 383. The van der Waals surface area contributed by atoms with E-state index < -0.39 is 0 Å². The second-order valence-electron chi connectivity index (χ2n) is 5.16. The maximum absolute atomic E-state index is 5.78. The summed E-state index contributed by atoms with van der Waals surface area (Å²) in [5.41, 5.74) is -0.167. The molecule has 1 saturated carbocycles. The van der Waals surface area contributed by atoms with Gasteiger partial charge in [-0.15, -0.1) is 10.2 Å². The molecule has 5 heteroatoms. The van der Waals surface area contributed by atoms with Gasteiger partial charge >= 0.3 is 0 Å². The molecule has 4 nitrogen and oxygen atoms in total. The molecule has 0 radical (unpaired) electrons. The van der Waals surface area contributed by atoms with Crippen LogP contribution in [0.5, 0.6) is 0 Å². The summed E-state index contributed by atoms with van der Waals surface area (Å²) in [5.74, 6) is 0. The van der Waals surface area contributed by atoms with Crippen molar-refractivity contribution < 1.29 is 4.74 Å². The van der Waals surface area contributed by atoms with Crippen LogP contribution < -0.4 is 5.32 Å². The highest BCUT2D eigenvalue weighted by Crippen LogP contribution is 2.36. The predicted molar refractivity (Wildman–Crippen MR) is 67.2 cm³/mol. The smallest absolute Gasteiger partial charge is 0.149 e. The monoisotopic (exact) mass is 253 g/mol. The molecule has 1 aliphatic carbocycles. The van der Waals surface area contributed by atoms with Crippen molar-refractivity contribution in [2.75, 3.05) is 13.2 Å². The van der Waals surface area contributed by atoms with E-state index in [-0.39, 0.29) is 5.60 Å². The SMILES string of the molecule is CC1(c2nnc(CCNC3CC3)s2)CCCO1. The Hall–Kier alpha value is -0.520. The van der Waals surface area contributed by atoms with E-state index in [0.29, 0.717) is 0 Å². The molecule has 1 aromatic heterocycles. The number of hydrogen-bond donors (Lipinski definition) is 1. The van der Waals surface area contributed by atoms with Crippen molar-refractivity contribution in [3.63, 3.8) is 0 Å². The Balaban J connectivity index is 1.57. The zero-order valence-corrected chi connectivity index (χ0v) is 11.1. The first-order valence-electron chi connectivity index (χ1n) is 6.46. The van der Waals surface area contributed by atoms with Gasteiger partial charge in [0.25, 0.3) is 0 Å². The summed E-state index contributed by atoms with van der Waals surface area (Å²) in [6.07, 6.45) is 5.88. The van der Waals surface area contributed by atoms with E-state index in [0.717, 1.165) is 48.5 Å². The molecule has 17 heavy (non-hydrogen) atoms. The molecule has 2 aliphatic rings. The molecule has 0 aromatic carbocycles. The van der Waals surface area contributed by atoms with Crippen LogP contribution in [0.2, 0.25) is 0 Å². The fourth-order valence-electron chi connectivity index (χ4n) is 2.19. The minimum atomic E-state index is -0.167. The first-order chi connectivity index (χ1) is 8.26. The molecule has 1 aliphatic heterocycles. The topological polar surface area (TPSA) is 47.0 Å². The second-order valence-corrected chi connectivity index (χ2v) is 6.22. The van der Waals surface area contributed by atoms with E-state index in [9.17, 15) is 0 Å². The molecule has 2 fully saturated rings. The summed E-state index contributed by atoms with van der Waals surface area (Å²) in [4.78, 5) is 0. The van der Waals surface area contributed by atoms with Gasteiger partial charge < -0.3 is 10.1 Å². The lowest BCUT2D eigenvalue weighted by molar-refractivity contribution is 0.0161. The van der Waals surface area contributed by atoms with Gasteiger partial charge in [0.2, 0.25) is 0 Å². The number of nitrogens with zero attached hydrogens (tertiary/aromatic N) is 2. The lowest BCUT2D eigenvalue weighted by atomic mass is 10.0. The van der Waals surface area contributed by atoms with Crippen LogP contribution in [0.1, 0.15) is 42.6 Å². The van der Waals surface area contributed by atoms with Gasteiger partial charge in [-0.2, -0.15) is 0 Å². The third kappa shape index (κ3) is 2.67. The summed E-state index contributed by atoms with van der Waals surface area (Å²) < 4.78 is 5.78. The molecule has 3 rings (SSSR count). The number of ether oxygens (including phenoxy) is 1. The molecule has 0 amide bonds. The van der Waals surface area contributed by atoms with Crippen molar-refractivity contribution in [3.05, 3.63) is 10.0 Å². The molecule has 0 spiro atoms. The van der Waals surface area contributed by atoms with Crippen molar-refractivity contribution in [2.24, 2.45) is 0 Å². The average molecular weight is 253 g/mol. The largest absolute Gasteiger partial charge is 0.368 e. The highest BCUT2D eigenvalue weighted by molar-refractivity contribution is 7.11. The summed E-state index contributed by atoms with van der Waals surface area (Å²) in [6, 6.07) is 0.776. The summed E-state index contributed by atoms with van der Waals surface area (Å²) in [7, 11) is 0. The minimum Gasteiger partial charge on any atom is -0.368 e. The van der Waals surface area contributed by atoms with Crippen molar-refractivity contribution in [3.8, 4) is 0 Å². The molecule has 1 aromatic rings. The van der Waals surface area contributed by atoms with Crippen LogP contribution in [0.15, 0.2) is 0 Å². The maximum atomic E-state index is 5.78. The maximum Gasteiger partial charge on any atom is 0.149 e. The van der Waals surface area contributed by atoms with E-state index in [2.05, 4.69) is 22.4 Å². The van der Waals surface area contributed by atoms with E-state index in [1.807, 2.05) is 0 Å². The number of rotatable bonds is 5. The molecular weight excluding hydrogens is 234 g/mol. The third-order valence-electron chi connectivity index (χ3n) is 3.49. The Morgan fingerprint density at radius 2 is 2.35 bits per heavy atom. The predicted octanol–water partition coefficient (Wildman–Crippen LogP) is 1.86. The molecule has 1 unspecified atom stereocenters. The zero-order chi connectivity index (χ0) is 11.7. The van der Waals surface area contributed by atoms with Gasteiger partial charge in [-0.3, -0.25) is 0 Å². The zero-order valence-electron chi connectivity index (χ0n) is 10.2. The van der Waals surface area contributed by atoms with Crippen molar-refractivity contribution in [2.45, 2.75) is 50.7 Å². The van der Waals surface area contributed by atoms with E-state index in [4.69, 9.17) is 4.74 Å². The first-order valence-corrected chi connectivity index (χ1v) is 7.28. The van der Waals surface area contributed by atoms with Crippen molar-refractivity contribution >= 4 is 11.3 Å². The average Bonchev–Trinajstić information content (AvgIpc) is 2.83. The molecule has 2 heterocycles. The summed E-state index contributed by atoms with van der Waals surface area (Å²) >= 11 is 1.71. The molecule has 94 valence electrons. The lowest BCUT2D eigenvalue weighted by Gasteiger charge is -2.18. The minimum absolute atomic E-state index is 0.167. The van der Waals surface area contributed by atoms with Crippen LogP contribution >= 0.6 is 11.3 Å². The standard InChI is InChI=1S/C12H19N3OS/c1-12(6-2-8-16-12)11-15-14-10(17-11)5-7-13-9-3-4-9/h9,13H,2-8H2,1H3. The van der Waals surface area contributed by atoms with Crippen LogP contribution in [0, 0.1) is 0 Å². The Morgan fingerprint density at radius 3 is 3.06 bits per heavy atom. The van der Waals surface area contributed by atoms with Crippen LogP contribution in [0.25, 0.3) is 0 Å². The van der Waals surface area contributed by atoms with E-state index in [1.54, 1.807) is 11.3 Å². The van der Waals surface area contributed by atoms with Gasteiger partial charge in [-0.1, -0.05) is 11.3 Å². The van der Waals surface area contributed by atoms with Crippen LogP contribution in [-0.2, 0) is 16.8 Å². The van der Waals surface area contributed by atoms with Gasteiger partial charge in [0.1, 0.15) is 15.6 Å². The van der Waals surface area contributed by atoms with E-state index >= 15 is 0 Å². The van der Waals surface area contributed by atoms with Crippen LogP contribution in [-0.4, -0.2) is 29.4 Å². The van der Waals surface area contributed by atoms with Crippen LogP contribution in [0.4, 0.5) is 0 Å². The van der Waals surface area contributed by atoms with Gasteiger partial charge in [0.15, 0.2) is 0 Å². The van der Waals surface area contributed by atoms with Crippen LogP contribution in [0.3, 0.4) is 0 Å². The third-order valence-corrected chi connectivity index (χ3v) is 4.72. The Morgan fingerprint density at radius 1 is 1.47 bits per heavy atom. The Labute approximate surface area is 106 Å². The number of nitrogens with one attached hydrogen (secondary N) is 1.